The first-order valence-corrected chi connectivity index (χ1v) is 11.1. The molecule has 144 valence electrons. The molecule has 2 unspecified atom stereocenters. The highest BCUT2D eigenvalue weighted by atomic mass is 32.2. The van der Waals surface area contributed by atoms with E-state index in [-0.39, 0.29) is 24.0 Å². The van der Waals surface area contributed by atoms with Crippen LogP contribution in [0.1, 0.15) is 58.3 Å². The van der Waals surface area contributed by atoms with E-state index in [0.29, 0.717) is 23.5 Å². The number of unbranched alkanes of at least 4 members (excludes halogenated alkanes) is 2. The number of amides is 1. The van der Waals surface area contributed by atoms with Gasteiger partial charge in [-0.05, 0) is 55.6 Å². The highest BCUT2D eigenvalue weighted by Gasteiger charge is 2.46. The van der Waals surface area contributed by atoms with Gasteiger partial charge in [0.25, 0.3) is 0 Å². The molecule has 0 radical (unpaired) electrons. The van der Waals surface area contributed by atoms with Gasteiger partial charge in [-0.1, -0.05) is 38.3 Å². The molecule has 25 heavy (non-hydrogen) atoms. The molecule has 5 heteroatoms. The van der Waals surface area contributed by atoms with Gasteiger partial charge in [-0.3, -0.25) is 4.79 Å². The van der Waals surface area contributed by atoms with Crippen molar-refractivity contribution in [2.75, 3.05) is 11.5 Å². The first-order chi connectivity index (χ1) is 12.0. The molecule has 2 aliphatic rings. The third kappa shape index (κ3) is 6.61. The van der Waals surface area contributed by atoms with E-state index in [1.165, 1.54) is 19.3 Å². The van der Waals surface area contributed by atoms with Crippen molar-refractivity contribution in [3.05, 3.63) is 12.2 Å². The van der Waals surface area contributed by atoms with Gasteiger partial charge in [0.2, 0.25) is 5.91 Å². The second-order valence-corrected chi connectivity index (χ2v) is 9.00. The van der Waals surface area contributed by atoms with Crippen molar-refractivity contribution in [3.63, 3.8) is 0 Å². The number of fused-ring (bicyclic) bond motifs is 1. The van der Waals surface area contributed by atoms with Crippen LogP contribution >= 0.6 is 11.8 Å². The molecule has 6 atom stereocenters. The third-order valence-corrected chi connectivity index (χ3v) is 6.92. The molecule has 0 spiro atoms. The minimum Gasteiger partial charge on any atom is -0.392 e. The molecular formula is C20H35NO3S. The van der Waals surface area contributed by atoms with Crippen LogP contribution in [0.15, 0.2) is 12.2 Å². The smallest absolute Gasteiger partial charge is 0.227 e. The Morgan fingerprint density at radius 3 is 2.84 bits per heavy atom. The molecule has 0 aromatic carbocycles. The van der Waals surface area contributed by atoms with Gasteiger partial charge in [0.1, 0.15) is 0 Å². The Bertz CT molecular complexity index is 443. The van der Waals surface area contributed by atoms with Gasteiger partial charge in [-0.15, -0.1) is 0 Å². The van der Waals surface area contributed by atoms with E-state index in [1.54, 1.807) is 11.8 Å². The van der Waals surface area contributed by atoms with Crippen molar-refractivity contribution < 1.29 is 15.0 Å². The van der Waals surface area contributed by atoms with Crippen LogP contribution in [0.3, 0.4) is 0 Å². The number of hydrogen-bond acceptors (Lipinski definition) is 4. The zero-order valence-electron chi connectivity index (χ0n) is 15.5. The fraction of sp³-hybridized carbons (Fsp3) is 0.850. The number of aliphatic hydroxyl groups is 2. The van der Waals surface area contributed by atoms with E-state index in [2.05, 4.69) is 13.0 Å². The van der Waals surface area contributed by atoms with Crippen LogP contribution in [0.5, 0.6) is 0 Å². The summed E-state index contributed by atoms with van der Waals surface area (Å²) in [6.45, 7) is 2.17. The maximum atomic E-state index is 10.8. The van der Waals surface area contributed by atoms with Crippen molar-refractivity contribution in [1.82, 2.24) is 0 Å². The lowest BCUT2D eigenvalue weighted by molar-refractivity contribution is -0.115. The topological polar surface area (TPSA) is 83.5 Å². The van der Waals surface area contributed by atoms with Crippen LogP contribution in [0.25, 0.3) is 0 Å². The Labute approximate surface area is 156 Å². The molecule has 0 bridgehead atoms. The summed E-state index contributed by atoms with van der Waals surface area (Å²) < 4.78 is 0. The second kappa shape index (κ2) is 10.6. The van der Waals surface area contributed by atoms with Crippen LogP contribution in [-0.4, -0.2) is 39.8 Å². The largest absolute Gasteiger partial charge is 0.392 e. The molecule has 0 saturated heterocycles. The number of thioether (sulfide) groups is 1. The van der Waals surface area contributed by atoms with Gasteiger partial charge in [-0.25, -0.2) is 0 Å². The summed E-state index contributed by atoms with van der Waals surface area (Å²) in [6, 6.07) is 0. The molecule has 4 nitrogen and oxygen atoms in total. The zero-order chi connectivity index (χ0) is 18.2. The standard InChI is InChI=1S/C20H35NO3S/c1-2-3-4-5-16(22)6-7-17-18-11-14(8-9-25-13-20(21)24)10-15(18)12-19(17)23/h6-7,14-19,22-23H,2-5,8-13H2,1H3,(H2,21,24)/t14?,15-,16?,17-,18+,19-/m0/s1. The van der Waals surface area contributed by atoms with Crippen molar-refractivity contribution in [2.24, 2.45) is 29.4 Å². The molecule has 2 aliphatic carbocycles. The SMILES string of the molecule is CCCCCC(O)C=C[C@H]1[C@@H]2CC(CCSCC(N)=O)C[C@H]2C[C@@H]1O. The maximum Gasteiger partial charge on any atom is 0.227 e. The van der Waals surface area contributed by atoms with E-state index >= 15 is 0 Å². The minimum absolute atomic E-state index is 0.203. The average molecular weight is 370 g/mol. The van der Waals surface area contributed by atoms with Crippen molar-refractivity contribution >= 4 is 17.7 Å². The van der Waals surface area contributed by atoms with Gasteiger partial charge in [-0.2, -0.15) is 11.8 Å². The summed E-state index contributed by atoms with van der Waals surface area (Å²) in [7, 11) is 0. The number of hydrogen-bond donors (Lipinski definition) is 3. The molecule has 1 amide bonds. The van der Waals surface area contributed by atoms with Crippen LogP contribution in [0.2, 0.25) is 0 Å². The normalized spacial score (nSPS) is 33.0. The lowest BCUT2D eigenvalue weighted by Crippen LogP contribution is -2.18. The third-order valence-electron chi connectivity index (χ3n) is 5.90. The maximum absolute atomic E-state index is 10.8. The first-order valence-electron chi connectivity index (χ1n) is 9.91. The molecule has 0 aromatic rings. The Balaban J connectivity index is 1.76. The second-order valence-electron chi connectivity index (χ2n) is 7.90. The number of aliphatic hydroxyl groups excluding tert-OH is 2. The Morgan fingerprint density at radius 2 is 2.12 bits per heavy atom. The van der Waals surface area contributed by atoms with Crippen molar-refractivity contribution in [1.29, 1.82) is 0 Å². The Kier molecular flexibility index (Phi) is 8.80. The van der Waals surface area contributed by atoms with E-state index in [0.717, 1.165) is 37.9 Å². The summed E-state index contributed by atoms with van der Waals surface area (Å²) in [5.74, 6) is 3.25. The molecule has 2 rings (SSSR count). The predicted molar refractivity (Wildman–Crippen MR) is 104 cm³/mol. The molecule has 0 aromatic heterocycles. The lowest BCUT2D eigenvalue weighted by Gasteiger charge is -2.19. The van der Waals surface area contributed by atoms with Crippen molar-refractivity contribution in [3.8, 4) is 0 Å². The highest BCUT2D eigenvalue weighted by Crippen LogP contribution is 2.51. The number of carbonyl (C=O) groups is 1. The van der Waals surface area contributed by atoms with Gasteiger partial charge >= 0.3 is 0 Å². The summed E-state index contributed by atoms with van der Waals surface area (Å²) in [5, 5.41) is 20.5. The number of nitrogens with two attached hydrogens (primary N) is 1. The number of carbonyl (C=O) groups excluding carboxylic acids is 1. The van der Waals surface area contributed by atoms with Crippen LogP contribution in [-0.2, 0) is 4.79 Å². The van der Waals surface area contributed by atoms with Gasteiger partial charge in [0, 0.05) is 5.92 Å². The molecule has 4 N–H and O–H groups in total. The Hall–Kier alpha value is -0.520. The summed E-state index contributed by atoms with van der Waals surface area (Å²) in [5.41, 5.74) is 5.18. The van der Waals surface area contributed by atoms with E-state index in [9.17, 15) is 15.0 Å². The molecular weight excluding hydrogens is 334 g/mol. The van der Waals surface area contributed by atoms with Crippen LogP contribution in [0, 0.1) is 23.7 Å². The summed E-state index contributed by atoms with van der Waals surface area (Å²) >= 11 is 1.63. The summed E-state index contributed by atoms with van der Waals surface area (Å²) in [4.78, 5) is 10.8. The van der Waals surface area contributed by atoms with Gasteiger partial charge in [0.05, 0.1) is 18.0 Å². The van der Waals surface area contributed by atoms with Gasteiger partial charge < -0.3 is 15.9 Å². The van der Waals surface area contributed by atoms with Gasteiger partial charge in [0.15, 0.2) is 0 Å². The monoisotopic (exact) mass is 369 g/mol. The number of primary amides is 1. The quantitative estimate of drug-likeness (QED) is 0.386. The fourth-order valence-electron chi connectivity index (χ4n) is 4.66. The molecule has 0 heterocycles. The molecule has 2 saturated carbocycles. The van der Waals surface area contributed by atoms with Crippen molar-refractivity contribution in [2.45, 2.75) is 70.5 Å². The fourth-order valence-corrected chi connectivity index (χ4v) is 5.50. The Morgan fingerprint density at radius 1 is 1.32 bits per heavy atom. The summed E-state index contributed by atoms with van der Waals surface area (Å²) in [6.07, 6.45) is 12.0. The average Bonchev–Trinajstić information content (AvgIpc) is 3.06. The molecule has 2 fully saturated rings. The predicted octanol–water partition coefficient (Wildman–Crippen LogP) is 3.12. The van der Waals surface area contributed by atoms with E-state index in [1.807, 2.05) is 6.08 Å². The van der Waals surface area contributed by atoms with E-state index < -0.39 is 0 Å². The highest BCUT2D eigenvalue weighted by molar-refractivity contribution is 7.99. The zero-order valence-corrected chi connectivity index (χ0v) is 16.3. The van der Waals surface area contributed by atoms with Crippen LogP contribution < -0.4 is 5.73 Å². The number of rotatable bonds is 11. The lowest BCUT2D eigenvalue weighted by atomic mass is 9.89. The van der Waals surface area contributed by atoms with E-state index in [4.69, 9.17) is 5.73 Å². The van der Waals surface area contributed by atoms with Crippen LogP contribution in [0.4, 0.5) is 0 Å². The molecule has 0 aliphatic heterocycles. The first kappa shape index (κ1) is 20.8. The minimum atomic E-state index is -0.375.